The fourth-order valence-electron chi connectivity index (χ4n) is 1.39. The van der Waals surface area contributed by atoms with E-state index < -0.39 is 46.1 Å². The third-order valence-electron chi connectivity index (χ3n) is 2.21. The predicted molar refractivity (Wildman–Crippen MR) is 62.0 cm³/mol. The molecule has 0 fully saturated rings. The van der Waals surface area contributed by atoms with Gasteiger partial charge >= 0.3 is 6.18 Å². The highest BCUT2D eigenvalue weighted by atomic mass is 19.4. The highest BCUT2D eigenvalue weighted by molar-refractivity contribution is 6.04. The smallest absolute Gasteiger partial charge is 0.320 e. The van der Waals surface area contributed by atoms with Gasteiger partial charge in [0, 0.05) is 6.07 Å². The van der Waals surface area contributed by atoms with Gasteiger partial charge in [-0.1, -0.05) is 0 Å². The molecule has 0 aliphatic heterocycles. The molecule has 0 bridgehead atoms. The Kier molecular flexibility index (Phi) is 4.43. The molecule has 0 atom stereocenters. The Balaban J connectivity index is 3.11. The molecule has 1 rings (SSSR count). The first-order valence-corrected chi connectivity index (χ1v) is 5.26. The second kappa shape index (κ2) is 5.68. The lowest BCUT2D eigenvalue weighted by molar-refractivity contribution is -0.384. The van der Waals surface area contributed by atoms with Crippen molar-refractivity contribution in [2.24, 2.45) is 0 Å². The molecule has 1 aromatic carbocycles. The van der Waals surface area contributed by atoms with E-state index in [-0.39, 0.29) is 0 Å². The van der Waals surface area contributed by atoms with Crippen molar-refractivity contribution in [1.29, 1.82) is 0 Å². The van der Waals surface area contributed by atoms with Crippen molar-refractivity contribution in [2.45, 2.75) is 19.5 Å². The number of nitro groups is 1. The number of nitrogens with zero attached hydrogens (tertiary/aromatic N) is 1. The molecule has 0 spiro atoms. The fourth-order valence-corrected chi connectivity index (χ4v) is 1.39. The van der Waals surface area contributed by atoms with Gasteiger partial charge in [0.15, 0.2) is 0 Å². The monoisotopic (exact) mass is 290 g/mol. The summed E-state index contributed by atoms with van der Waals surface area (Å²) in [6.45, 7) is 1.14. The zero-order chi connectivity index (χ0) is 15.5. The molecule has 0 radical (unpaired) electrons. The number of rotatable bonds is 4. The van der Waals surface area contributed by atoms with Gasteiger partial charge in [-0.3, -0.25) is 19.7 Å². The van der Waals surface area contributed by atoms with E-state index in [4.69, 9.17) is 0 Å². The maximum absolute atomic E-state index is 12.4. The van der Waals surface area contributed by atoms with E-state index in [9.17, 15) is 32.9 Å². The van der Waals surface area contributed by atoms with Crippen molar-refractivity contribution < 1.29 is 27.7 Å². The van der Waals surface area contributed by atoms with Crippen LogP contribution < -0.4 is 5.32 Å². The number of Topliss-reactive ketones (excluding diaryl/α,β-unsaturated/α-hetero) is 1. The lowest BCUT2D eigenvalue weighted by Crippen LogP contribution is -2.16. The first kappa shape index (κ1) is 15.6. The van der Waals surface area contributed by atoms with Crippen LogP contribution in [0, 0.1) is 10.1 Å². The Bertz CT molecular complexity index is 569. The Hall–Kier alpha value is -2.45. The van der Waals surface area contributed by atoms with E-state index in [2.05, 4.69) is 0 Å². The SMILES string of the molecule is CC(=O)CC(=O)Nc1ccc(C(F)(F)F)cc1[N+](=O)[O-]. The average molecular weight is 290 g/mol. The number of anilines is 1. The van der Waals surface area contributed by atoms with Crippen LogP contribution in [-0.2, 0) is 15.8 Å². The van der Waals surface area contributed by atoms with Gasteiger partial charge in [0.25, 0.3) is 5.69 Å². The van der Waals surface area contributed by atoms with E-state index in [1.165, 1.54) is 0 Å². The second-order valence-electron chi connectivity index (χ2n) is 3.91. The zero-order valence-corrected chi connectivity index (χ0v) is 10.2. The average Bonchev–Trinajstić information content (AvgIpc) is 2.26. The number of nitro benzene ring substituents is 1. The minimum atomic E-state index is -4.73. The summed E-state index contributed by atoms with van der Waals surface area (Å²) < 4.78 is 37.3. The first-order valence-electron chi connectivity index (χ1n) is 5.26. The number of halogens is 3. The summed E-state index contributed by atoms with van der Waals surface area (Å²) in [6.07, 6.45) is -5.25. The molecule has 0 unspecified atom stereocenters. The molecule has 20 heavy (non-hydrogen) atoms. The van der Waals surface area contributed by atoms with Crippen molar-refractivity contribution in [1.82, 2.24) is 0 Å². The summed E-state index contributed by atoms with van der Waals surface area (Å²) >= 11 is 0. The van der Waals surface area contributed by atoms with Crippen LogP contribution in [0.4, 0.5) is 24.5 Å². The van der Waals surface area contributed by atoms with Crippen molar-refractivity contribution in [2.75, 3.05) is 5.32 Å². The zero-order valence-electron chi connectivity index (χ0n) is 10.2. The van der Waals surface area contributed by atoms with Crippen LogP contribution >= 0.6 is 0 Å². The molecule has 0 aromatic heterocycles. The molecule has 0 aliphatic rings. The van der Waals surface area contributed by atoms with Crippen molar-refractivity contribution >= 4 is 23.1 Å². The van der Waals surface area contributed by atoms with Crippen LogP contribution in [0.5, 0.6) is 0 Å². The molecule has 0 saturated carbocycles. The van der Waals surface area contributed by atoms with Crippen molar-refractivity contribution in [3.8, 4) is 0 Å². The van der Waals surface area contributed by atoms with Crippen molar-refractivity contribution in [3.05, 3.63) is 33.9 Å². The third kappa shape index (κ3) is 4.04. The van der Waals surface area contributed by atoms with E-state index in [1.807, 2.05) is 5.32 Å². The van der Waals surface area contributed by atoms with Gasteiger partial charge in [-0.05, 0) is 19.1 Å². The lowest BCUT2D eigenvalue weighted by atomic mass is 10.1. The molecular formula is C11H9F3N2O4. The number of nitrogens with one attached hydrogen (secondary N) is 1. The quantitative estimate of drug-likeness (QED) is 0.524. The predicted octanol–water partition coefficient (Wildman–Crippen LogP) is 2.53. The van der Waals surface area contributed by atoms with Gasteiger partial charge in [-0.25, -0.2) is 0 Å². The van der Waals surface area contributed by atoms with Crippen LogP contribution in [0.3, 0.4) is 0 Å². The molecule has 1 amide bonds. The topological polar surface area (TPSA) is 89.3 Å². The van der Waals surface area contributed by atoms with Crippen LogP contribution in [0.25, 0.3) is 0 Å². The van der Waals surface area contributed by atoms with Gasteiger partial charge in [0.2, 0.25) is 5.91 Å². The molecule has 9 heteroatoms. The summed E-state index contributed by atoms with van der Waals surface area (Å²) in [6, 6.07) is 1.71. The molecule has 0 aliphatic carbocycles. The minimum absolute atomic E-state index is 0.323. The van der Waals surface area contributed by atoms with Crippen LogP contribution in [0.15, 0.2) is 18.2 Å². The Labute approximate surface area is 110 Å². The highest BCUT2D eigenvalue weighted by Crippen LogP contribution is 2.34. The highest BCUT2D eigenvalue weighted by Gasteiger charge is 2.33. The van der Waals surface area contributed by atoms with E-state index in [1.54, 1.807) is 0 Å². The fraction of sp³-hybridized carbons (Fsp3) is 0.273. The Morgan fingerprint density at radius 3 is 2.40 bits per heavy atom. The summed E-state index contributed by atoms with van der Waals surface area (Å²) in [5.74, 6) is -1.31. The summed E-state index contributed by atoms with van der Waals surface area (Å²) in [4.78, 5) is 31.7. The number of hydrogen-bond donors (Lipinski definition) is 1. The third-order valence-corrected chi connectivity index (χ3v) is 2.21. The molecule has 0 saturated heterocycles. The standard InChI is InChI=1S/C11H9F3N2O4/c1-6(17)4-10(18)15-8-3-2-7(11(12,13)14)5-9(8)16(19)20/h2-3,5H,4H2,1H3,(H,15,18). The Morgan fingerprint density at radius 1 is 1.35 bits per heavy atom. The van der Waals surface area contributed by atoms with E-state index in [0.717, 1.165) is 13.0 Å². The molecule has 0 heterocycles. The lowest BCUT2D eigenvalue weighted by Gasteiger charge is -2.09. The number of carbonyl (C=O) groups excluding carboxylic acids is 2. The number of carbonyl (C=O) groups is 2. The second-order valence-corrected chi connectivity index (χ2v) is 3.91. The summed E-state index contributed by atoms with van der Waals surface area (Å²) in [7, 11) is 0. The van der Waals surface area contributed by atoms with Crippen molar-refractivity contribution in [3.63, 3.8) is 0 Å². The van der Waals surface area contributed by atoms with Gasteiger partial charge < -0.3 is 5.32 Å². The number of alkyl halides is 3. The maximum Gasteiger partial charge on any atom is 0.416 e. The number of amides is 1. The van der Waals surface area contributed by atoms with Crippen LogP contribution in [-0.4, -0.2) is 16.6 Å². The summed E-state index contributed by atoms with van der Waals surface area (Å²) in [5, 5.41) is 12.8. The number of ketones is 1. The van der Waals surface area contributed by atoms with E-state index in [0.29, 0.717) is 12.1 Å². The molecule has 108 valence electrons. The van der Waals surface area contributed by atoms with Gasteiger partial charge in [0.05, 0.1) is 16.9 Å². The van der Waals surface area contributed by atoms with E-state index >= 15 is 0 Å². The molecular weight excluding hydrogens is 281 g/mol. The van der Waals surface area contributed by atoms with Crippen LogP contribution in [0.1, 0.15) is 18.9 Å². The van der Waals surface area contributed by atoms with Gasteiger partial charge in [0.1, 0.15) is 11.5 Å². The largest absolute Gasteiger partial charge is 0.416 e. The summed E-state index contributed by atoms with van der Waals surface area (Å²) in [5.41, 5.74) is -2.49. The molecule has 1 N–H and O–H groups in total. The normalized spacial score (nSPS) is 11.0. The Morgan fingerprint density at radius 2 is 1.95 bits per heavy atom. The number of benzene rings is 1. The van der Waals surface area contributed by atoms with Gasteiger partial charge in [-0.15, -0.1) is 0 Å². The van der Waals surface area contributed by atoms with Gasteiger partial charge in [-0.2, -0.15) is 13.2 Å². The number of hydrogen-bond acceptors (Lipinski definition) is 4. The first-order chi connectivity index (χ1) is 9.11. The van der Waals surface area contributed by atoms with Crippen LogP contribution in [0.2, 0.25) is 0 Å². The molecule has 6 nitrogen and oxygen atoms in total. The molecule has 1 aromatic rings. The maximum atomic E-state index is 12.4. The minimum Gasteiger partial charge on any atom is -0.320 e.